The van der Waals surface area contributed by atoms with Gasteiger partial charge in [-0.1, -0.05) is 26.3 Å². The molecule has 0 fully saturated rings. The number of rotatable bonds is 4. The molecule has 0 aliphatic rings. The normalized spacial score (nSPS) is 12.5. The summed E-state index contributed by atoms with van der Waals surface area (Å²) in [5.74, 6) is -0.253. The van der Waals surface area contributed by atoms with E-state index in [4.69, 9.17) is 4.74 Å². The highest BCUT2D eigenvalue weighted by molar-refractivity contribution is 5.88. The Kier molecular flexibility index (Phi) is 5.26. The topological polar surface area (TPSA) is 43.4 Å². The van der Waals surface area contributed by atoms with E-state index in [1.807, 2.05) is 20.8 Å². The largest absolute Gasteiger partial charge is 0.463 e. The molecule has 0 radical (unpaired) electrons. The summed E-state index contributed by atoms with van der Waals surface area (Å²) < 4.78 is 4.75. The van der Waals surface area contributed by atoms with Gasteiger partial charge in [-0.05, 0) is 13.8 Å². The predicted octanol–water partition coefficient (Wildman–Crippen LogP) is 2.50. The molecule has 0 amide bonds. The van der Waals surface area contributed by atoms with Gasteiger partial charge >= 0.3 is 5.97 Å². The SMILES string of the molecule is CCOC(=O)C=C(C)CC(=O)C(C)(C)C. The molecule has 0 saturated carbocycles. The van der Waals surface area contributed by atoms with E-state index in [2.05, 4.69) is 0 Å². The molecule has 0 rings (SSSR count). The van der Waals surface area contributed by atoms with Crippen LogP contribution < -0.4 is 0 Å². The number of allylic oxidation sites excluding steroid dienone is 1. The maximum absolute atomic E-state index is 11.6. The number of esters is 1. The Hall–Kier alpha value is -1.12. The molecule has 0 aromatic rings. The number of carbonyl (C=O) groups is 2. The lowest BCUT2D eigenvalue weighted by Gasteiger charge is -2.16. The van der Waals surface area contributed by atoms with Crippen LogP contribution in [-0.2, 0) is 14.3 Å². The van der Waals surface area contributed by atoms with Gasteiger partial charge in [-0.3, -0.25) is 4.79 Å². The highest BCUT2D eigenvalue weighted by atomic mass is 16.5. The summed E-state index contributed by atoms with van der Waals surface area (Å²) in [6, 6.07) is 0. The summed E-state index contributed by atoms with van der Waals surface area (Å²) in [6.45, 7) is 9.48. The van der Waals surface area contributed by atoms with Crippen molar-refractivity contribution in [1.29, 1.82) is 0 Å². The van der Waals surface area contributed by atoms with E-state index in [-0.39, 0.29) is 17.2 Å². The molecular weight excluding hydrogens is 192 g/mol. The first-order valence-electron chi connectivity index (χ1n) is 5.14. The molecule has 0 aromatic heterocycles. The van der Waals surface area contributed by atoms with Crippen molar-refractivity contribution >= 4 is 11.8 Å². The van der Waals surface area contributed by atoms with Crippen LogP contribution in [0.2, 0.25) is 0 Å². The predicted molar refractivity (Wildman–Crippen MR) is 59.5 cm³/mol. The van der Waals surface area contributed by atoms with Crippen molar-refractivity contribution < 1.29 is 14.3 Å². The maximum Gasteiger partial charge on any atom is 0.330 e. The first kappa shape index (κ1) is 13.9. The van der Waals surface area contributed by atoms with Gasteiger partial charge in [0.15, 0.2) is 0 Å². The molecule has 3 nitrogen and oxygen atoms in total. The molecule has 0 saturated heterocycles. The van der Waals surface area contributed by atoms with E-state index < -0.39 is 0 Å². The smallest absolute Gasteiger partial charge is 0.330 e. The minimum atomic E-state index is -0.378. The molecule has 3 heteroatoms. The van der Waals surface area contributed by atoms with E-state index in [0.29, 0.717) is 13.0 Å². The van der Waals surface area contributed by atoms with Gasteiger partial charge in [-0.15, -0.1) is 0 Å². The number of carbonyl (C=O) groups excluding carboxylic acids is 2. The second-order valence-corrected chi connectivity index (χ2v) is 4.59. The van der Waals surface area contributed by atoms with Crippen molar-refractivity contribution in [3.63, 3.8) is 0 Å². The first-order chi connectivity index (χ1) is 6.77. The van der Waals surface area contributed by atoms with Crippen molar-refractivity contribution in [1.82, 2.24) is 0 Å². The Bertz CT molecular complexity index is 269. The lowest BCUT2D eigenvalue weighted by Crippen LogP contribution is -2.20. The van der Waals surface area contributed by atoms with Gasteiger partial charge in [0.2, 0.25) is 0 Å². The van der Waals surface area contributed by atoms with E-state index in [1.54, 1.807) is 13.8 Å². The molecule has 0 bridgehead atoms. The van der Waals surface area contributed by atoms with Crippen molar-refractivity contribution in [2.75, 3.05) is 6.61 Å². The fourth-order valence-corrected chi connectivity index (χ4v) is 0.955. The zero-order valence-corrected chi connectivity index (χ0v) is 10.2. The van der Waals surface area contributed by atoms with Crippen LogP contribution in [0.25, 0.3) is 0 Å². The van der Waals surface area contributed by atoms with Crippen molar-refractivity contribution in [2.24, 2.45) is 5.41 Å². The number of Topliss-reactive ketones (excluding diaryl/α,β-unsaturated/α-hetero) is 1. The molecule has 0 spiro atoms. The number of hydrogen-bond acceptors (Lipinski definition) is 3. The van der Waals surface area contributed by atoms with Gasteiger partial charge in [0.05, 0.1) is 6.61 Å². The number of ketones is 1. The fourth-order valence-electron chi connectivity index (χ4n) is 0.955. The van der Waals surface area contributed by atoms with E-state index >= 15 is 0 Å². The van der Waals surface area contributed by atoms with Gasteiger partial charge in [0.1, 0.15) is 5.78 Å². The summed E-state index contributed by atoms with van der Waals surface area (Å²) in [5.41, 5.74) is 0.386. The molecule has 0 aliphatic carbocycles. The third kappa shape index (κ3) is 6.05. The van der Waals surface area contributed by atoms with E-state index in [0.717, 1.165) is 5.57 Å². The highest BCUT2D eigenvalue weighted by Crippen LogP contribution is 2.19. The lowest BCUT2D eigenvalue weighted by atomic mass is 9.87. The molecule has 0 heterocycles. The van der Waals surface area contributed by atoms with Crippen LogP contribution in [-0.4, -0.2) is 18.4 Å². The Labute approximate surface area is 91.5 Å². The van der Waals surface area contributed by atoms with E-state index in [1.165, 1.54) is 6.08 Å². The van der Waals surface area contributed by atoms with Crippen molar-refractivity contribution in [3.8, 4) is 0 Å². The summed E-state index contributed by atoms with van der Waals surface area (Å²) in [4.78, 5) is 22.7. The summed E-state index contributed by atoms with van der Waals surface area (Å²) in [6.07, 6.45) is 1.69. The van der Waals surface area contributed by atoms with Crippen LogP contribution in [0.5, 0.6) is 0 Å². The van der Waals surface area contributed by atoms with Crippen LogP contribution in [0.3, 0.4) is 0 Å². The molecule has 86 valence electrons. The molecule has 0 N–H and O–H groups in total. The Morgan fingerprint density at radius 1 is 1.27 bits per heavy atom. The lowest BCUT2D eigenvalue weighted by molar-refractivity contribution is -0.137. The summed E-state index contributed by atoms with van der Waals surface area (Å²) >= 11 is 0. The van der Waals surface area contributed by atoms with Crippen LogP contribution in [0.4, 0.5) is 0 Å². The van der Waals surface area contributed by atoms with Crippen molar-refractivity contribution in [3.05, 3.63) is 11.6 Å². The average molecular weight is 212 g/mol. The zero-order chi connectivity index (χ0) is 12.1. The fraction of sp³-hybridized carbons (Fsp3) is 0.667. The van der Waals surface area contributed by atoms with Gasteiger partial charge in [0.25, 0.3) is 0 Å². The standard InChI is InChI=1S/C12H20O3/c1-6-15-11(14)8-9(2)7-10(13)12(3,4)5/h8H,6-7H2,1-5H3. The highest BCUT2D eigenvalue weighted by Gasteiger charge is 2.21. The van der Waals surface area contributed by atoms with Crippen molar-refractivity contribution in [2.45, 2.75) is 41.0 Å². The molecule has 0 aliphatic heterocycles. The third-order valence-electron chi connectivity index (χ3n) is 1.93. The molecular formula is C12H20O3. The zero-order valence-electron chi connectivity index (χ0n) is 10.2. The second kappa shape index (κ2) is 5.69. The first-order valence-corrected chi connectivity index (χ1v) is 5.14. The molecule has 15 heavy (non-hydrogen) atoms. The Morgan fingerprint density at radius 3 is 2.20 bits per heavy atom. The van der Waals surface area contributed by atoms with Crippen LogP contribution in [0.15, 0.2) is 11.6 Å². The molecule has 0 aromatic carbocycles. The van der Waals surface area contributed by atoms with Crippen LogP contribution >= 0.6 is 0 Å². The maximum atomic E-state index is 11.6. The quantitative estimate of drug-likeness (QED) is 0.531. The minimum absolute atomic E-state index is 0.126. The molecule has 0 unspecified atom stereocenters. The Morgan fingerprint density at radius 2 is 1.80 bits per heavy atom. The van der Waals surface area contributed by atoms with Crippen LogP contribution in [0, 0.1) is 5.41 Å². The second-order valence-electron chi connectivity index (χ2n) is 4.59. The van der Waals surface area contributed by atoms with Gasteiger partial charge in [-0.2, -0.15) is 0 Å². The number of ether oxygens (including phenoxy) is 1. The minimum Gasteiger partial charge on any atom is -0.463 e. The van der Waals surface area contributed by atoms with Crippen LogP contribution in [0.1, 0.15) is 41.0 Å². The summed E-state index contributed by atoms with van der Waals surface area (Å²) in [5, 5.41) is 0. The monoisotopic (exact) mass is 212 g/mol. The average Bonchev–Trinajstić information content (AvgIpc) is 2.01. The van der Waals surface area contributed by atoms with Gasteiger partial charge in [0, 0.05) is 17.9 Å². The Balaban J connectivity index is 4.31. The molecule has 0 atom stereocenters. The van der Waals surface area contributed by atoms with E-state index in [9.17, 15) is 9.59 Å². The number of hydrogen-bond donors (Lipinski definition) is 0. The summed E-state index contributed by atoms with van der Waals surface area (Å²) in [7, 11) is 0. The van der Waals surface area contributed by atoms with Gasteiger partial charge in [-0.25, -0.2) is 4.79 Å². The van der Waals surface area contributed by atoms with Gasteiger partial charge < -0.3 is 4.74 Å². The third-order valence-corrected chi connectivity index (χ3v) is 1.93.